The number of hydrogen-bond donors (Lipinski definition) is 0. The van der Waals surface area contributed by atoms with Crippen LogP contribution in [0.4, 0.5) is 10.5 Å². The van der Waals surface area contributed by atoms with E-state index in [1.807, 2.05) is 30.3 Å². The average Bonchev–Trinajstić information content (AvgIpc) is 2.57. The lowest BCUT2D eigenvalue weighted by Crippen LogP contribution is -2.44. The highest BCUT2D eigenvalue weighted by Crippen LogP contribution is 2.45. The second-order valence-electron chi connectivity index (χ2n) is 6.94. The first-order chi connectivity index (χ1) is 10.7. The molecule has 0 saturated heterocycles. The Balaban J connectivity index is 1.69. The summed E-state index contributed by atoms with van der Waals surface area (Å²) in [5.74, 6) is 1.98. The summed E-state index contributed by atoms with van der Waals surface area (Å²) in [6, 6.07) is 9.73. The summed E-state index contributed by atoms with van der Waals surface area (Å²) in [5.41, 5.74) is 0.887. The van der Waals surface area contributed by atoms with Crippen LogP contribution in [-0.2, 0) is 4.74 Å². The molecular formula is C19H27NO2. The molecule has 3 heteroatoms. The lowest BCUT2D eigenvalue weighted by molar-refractivity contribution is -0.0353. The lowest BCUT2D eigenvalue weighted by Gasteiger charge is -2.44. The zero-order chi connectivity index (χ0) is 15.5. The molecule has 1 amide bonds. The summed E-state index contributed by atoms with van der Waals surface area (Å²) in [5, 5.41) is 0. The fraction of sp³-hybridized carbons (Fsp3) is 0.632. The molecule has 2 saturated carbocycles. The van der Waals surface area contributed by atoms with Crippen molar-refractivity contribution in [1.29, 1.82) is 0 Å². The van der Waals surface area contributed by atoms with Crippen LogP contribution in [0.15, 0.2) is 30.3 Å². The highest BCUT2D eigenvalue weighted by Gasteiger charge is 2.41. The van der Waals surface area contributed by atoms with Gasteiger partial charge < -0.3 is 4.74 Å². The van der Waals surface area contributed by atoms with Crippen LogP contribution in [0.25, 0.3) is 0 Å². The van der Waals surface area contributed by atoms with Gasteiger partial charge in [0.25, 0.3) is 0 Å². The minimum atomic E-state index is -0.210. The molecule has 2 aliphatic rings. The smallest absolute Gasteiger partial charge is 0.414 e. The maximum Gasteiger partial charge on any atom is 0.414 e. The van der Waals surface area contributed by atoms with Crippen molar-refractivity contribution in [2.75, 3.05) is 11.9 Å². The van der Waals surface area contributed by atoms with E-state index >= 15 is 0 Å². The Hall–Kier alpha value is -1.51. The highest BCUT2D eigenvalue weighted by atomic mass is 16.6. The largest absolute Gasteiger partial charge is 0.445 e. The van der Waals surface area contributed by atoms with Gasteiger partial charge in [0.1, 0.15) is 6.10 Å². The zero-order valence-electron chi connectivity index (χ0n) is 13.7. The van der Waals surface area contributed by atoms with E-state index in [1.165, 1.54) is 32.1 Å². The van der Waals surface area contributed by atoms with Gasteiger partial charge in [-0.2, -0.15) is 0 Å². The van der Waals surface area contributed by atoms with Crippen molar-refractivity contribution < 1.29 is 9.53 Å². The van der Waals surface area contributed by atoms with Crippen LogP contribution in [0.1, 0.15) is 45.4 Å². The maximum absolute atomic E-state index is 12.5. The predicted molar refractivity (Wildman–Crippen MR) is 89.0 cm³/mol. The molecule has 0 N–H and O–H groups in total. The Morgan fingerprint density at radius 3 is 2.73 bits per heavy atom. The first kappa shape index (κ1) is 15.4. The molecule has 1 aromatic rings. The van der Waals surface area contributed by atoms with Gasteiger partial charge in [0.15, 0.2) is 0 Å². The van der Waals surface area contributed by atoms with Gasteiger partial charge in [-0.05, 0) is 55.6 Å². The van der Waals surface area contributed by atoms with Crippen LogP contribution in [-0.4, -0.2) is 19.2 Å². The molecule has 0 aromatic heterocycles. The van der Waals surface area contributed by atoms with Crippen molar-refractivity contribution in [2.45, 2.75) is 51.6 Å². The van der Waals surface area contributed by atoms with Gasteiger partial charge in [0, 0.05) is 12.7 Å². The molecule has 0 heterocycles. The molecule has 0 radical (unpaired) electrons. The van der Waals surface area contributed by atoms with E-state index < -0.39 is 0 Å². The third-order valence-electron chi connectivity index (χ3n) is 5.57. The molecule has 0 aliphatic heterocycles. The number of ether oxygens (including phenoxy) is 1. The molecule has 1 aromatic carbocycles. The average molecular weight is 301 g/mol. The molecule has 3 nitrogen and oxygen atoms in total. The minimum absolute atomic E-state index is 0.111. The topological polar surface area (TPSA) is 29.5 Å². The summed E-state index contributed by atoms with van der Waals surface area (Å²) in [6.07, 6.45) is 7.40. The van der Waals surface area contributed by atoms with Crippen molar-refractivity contribution in [3.8, 4) is 0 Å². The standard InChI is InChI=1S/C19H27NO2/c1-3-15-12-14-8-7-9-16(13-14)18(15)22-19(21)20(2)17-10-5-4-6-11-17/h4-6,10-11,14-16,18H,3,7-9,12-13H2,1-2H3. The van der Waals surface area contributed by atoms with Gasteiger partial charge in [0.2, 0.25) is 0 Å². The molecule has 3 rings (SSSR count). The molecular weight excluding hydrogens is 274 g/mol. The third-order valence-corrected chi connectivity index (χ3v) is 5.57. The summed E-state index contributed by atoms with van der Waals surface area (Å²) in [4.78, 5) is 14.2. The number of hydrogen-bond acceptors (Lipinski definition) is 2. The fourth-order valence-electron chi connectivity index (χ4n) is 4.34. The molecule has 4 atom stereocenters. The summed E-state index contributed by atoms with van der Waals surface area (Å²) < 4.78 is 5.98. The second-order valence-corrected chi connectivity index (χ2v) is 6.94. The minimum Gasteiger partial charge on any atom is -0.445 e. The Kier molecular flexibility index (Phi) is 4.70. The molecule has 2 aliphatic carbocycles. The van der Waals surface area contributed by atoms with Gasteiger partial charge in [-0.3, -0.25) is 4.90 Å². The van der Waals surface area contributed by atoms with Gasteiger partial charge >= 0.3 is 6.09 Å². The number of nitrogens with zero attached hydrogens (tertiary/aromatic N) is 1. The number of fused-ring (bicyclic) bond motifs is 2. The molecule has 120 valence electrons. The Labute approximate surface area is 133 Å². The number of benzene rings is 1. The van der Waals surface area contributed by atoms with Crippen LogP contribution in [0.5, 0.6) is 0 Å². The van der Waals surface area contributed by atoms with Crippen molar-refractivity contribution in [1.82, 2.24) is 0 Å². The number of carbonyl (C=O) groups is 1. The van der Waals surface area contributed by atoms with Gasteiger partial charge in [-0.1, -0.05) is 38.0 Å². The Bertz CT molecular complexity index is 499. The van der Waals surface area contributed by atoms with Crippen molar-refractivity contribution in [3.63, 3.8) is 0 Å². The Morgan fingerprint density at radius 1 is 1.23 bits per heavy atom. The highest BCUT2D eigenvalue weighted by molar-refractivity contribution is 5.87. The molecule has 22 heavy (non-hydrogen) atoms. The van der Waals surface area contributed by atoms with Crippen LogP contribution in [0.3, 0.4) is 0 Å². The Morgan fingerprint density at radius 2 is 2.00 bits per heavy atom. The molecule has 4 unspecified atom stereocenters. The summed E-state index contributed by atoms with van der Waals surface area (Å²) in [6.45, 7) is 2.23. The monoisotopic (exact) mass is 301 g/mol. The van der Waals surface area contributed by atoms with Gasteiger partial charge in [-0.25, -0.2) is 4.79 Å². The van der Waals surface area contributed by atoms with E-state index in [0.29, 0.717) is 11.8 Å². The van der Waals surface area contributed by atoms with Gasteiger partial charge in [0.05, 0.1) is 0 Å². The maximum atomic E-state index is 12.5. The number of anilines is 1. The third kappa shape index (κ3) is 3.13. The van der Waals surface area contributed by atoms with E-state index in [2.05, 4.69) is 6.92 Å². The SMILES string of the molecule is CCC1CC2CCCC(C2)C1OC(=O)N(C)c1ccccc1. The number of rotatable bonds is 3. The van der Waals surface area contributed by atoms with Crippen LogP contribution in [0.2, 0.25) is 0 Å². The fourth-order valence-corrected chi connectivity index (χ4v) is 4.34. The van der Waals surface area contributed by atoms with Crippen LogP contribution < -0.4 is 4.90 Å². The number of para-hydroxylation sites is 1. The summed E-state index contributed by atoms with van der Waals surface area (Å²) >= 11 is 0. The predicted octanol–water partition coefficient (Wildman–Crippen LogP) is 4.86. The van der Waals surface area contributed by atoms with E-state index in [4.69, 9.17) is 4.74 Å². The van der Waals surface area contributed by atoms with Crippen LogP contribution in [0, 0.1) is 17.8 Å². The van der Waals surface area contributed by atoms with E-state index in [0.717, 1.165) is 18.0 Å². The van der Waals surface area contributed by atoms with E-state index in [9.17, 15) is 4.79 Å². The zero-order valence-corrected chi connectivity index (χ0v) is 13.7. The van der Waals surface area contributed by atoms with Crippen molar-refractivity contribution in [3.05, 3.63) is 30.3 Å². The second kappa shape index (κ2) is 6.72. The van der Waals surface area contributed by atoms with Crippen molar-refractivity contribution in [2.24, 2.45) is 17.8 Å². The normalized spacial score (nSPS) is 30.6. The lowest BCUT2D eigenvalue weighted by atomic mass is 9.65. The number of carbonyl (C=O) groups excluding carboxylic acids is 1. The first-order valence-corrected chi connectivity index (χ1v) is 8.68. The van der Waals surface area contributed by atoms with Crippen LogP contribution >= 0.6 is 0 Å². The summed E-state index contributed by atoms with van der Waals surface area (Å²) in [7, 11) is 1.80. The molecule has 0 spiro atoms. The molecule has 2 fully saturated rings. The quantitative estimate of drug-likeness (QED) is 0.797. The van der Waals surface area contributed by atoms with Gasteiger partial charge in [-0.15, -0.1) is 0 Å². The van der Waals surface area contributed by atoms with E-state index in [1.54, 1.807) is 11.9 Å². The van der Waals surface area contributed by atoms with E-state index in [-0.39, 0.29) is 12.2 Å². The number of amides is 1. The first-order valence-electron chi connectivity index (χ1n) is 8.68. The molecule has 2 bridgehead atoms. The van der Waals surface area contributed by atoms with Crippen molar-refractivity contribution >= 4 is 11.8 Å².